The van der Waals surface area contributed by atoms with Crippen molar-refractivity contribution in [3.8, 4) is 0 Å². The van der Waals surface area contributed by atoms with Crippen LogP contribution in [0.3, 0.4) is 0 Å². The topological polar surface area (TPSA) is 70.7 Å². The molecule has 2 rings (SSSR count). The number of aryl methyl sites for hydroxylation is 1. The van der Waals surface area contributed by atoms with Crippen molar-refractivity contribution in [3.05, 3.63) is 33.0 Å². The fourth-order valence-electron chi connectivity index (χ4n) is 1.87. The van der Waals surface area contributed by atoms with Gasteiger partial charge < -0.3 is 5.32 Å². The molecule has 0 saturated heterocycles. The molecule has 0 spiro atoms. The van der Waals surface area contributed by atoms with Crippen LogP contribution in [-0.2, 0) is 18.7 Å². The molecule has 0 radical (unpaired) electrons. The first kappa shape index (κ1) is 15.1. The van der Waals surface area contributed by atoms with Gasteiger partial charge in [0.2, 0.25) is 0 Å². The number of thioether (sulfide) groups is 1. The summed E-state index contributed by atoms with van der Waals surface area (Å²) in [6.45, 7) is 4.39. The maximum absolute atomic E-state index is 12.1. The van der Waals surface area contributed by atoms with E-state index in [4.69, 9.17) is 0 Å². The number of thiazole rings is 1. The largest absolute Gasteiger partial charge is 0.345 e. The first-order valence-corrected chi connectivity index (χ1v) is 8.67. The number of aromatic amines is 1. The number of hydrogen-bond acceptors (Lipinski definition) is 5. The Hall–Kier alpha value is -1.34. The van der Waals surface area contributed by atoms with Crippen LogP contribution >= 0.6 is 23.1 Å². The van der Waals surface area contributed by atoms with Crippen LogP contribution in [0.15, 0.2) is 5.38 Å². The number of aromatic nitrogens is 3. The molecular weight excluding hydrogens is 292 g/mol. The number of rotatable bonds is 6. The minimum atomic E-state index is -0.155. The average molecular weight is 310 g/mol. The monoisotopic (exact) mass is 310 g/mol. The molecule has 0 saturated carbocycles. The van der Waals surface area contributed by atoms with Gasteiger partial charge in [0.15, 0.2) is 5.69 Å². The zero-order valence-corrected chi connectivity index (χ0v) is 13.5. The number of nitrogens with one attached hydrogen (secondary N) is 2. The summed E-state index contributed by atoms with van der Waals surface area (Å²) in [5, 5.41) is 12.9. The van der Waals surface area contributed by atoms with E-state index >= 15 is 0 Å². The first-order chi connectivity index (χ1) is 9.65. The van der Waals surface area contributed by atoms with E-state index in [0.29, 0.717) is 12.2 Å². The number of carbonyl (C=O) groups is 1. The molecule has 2 aromatic heterocycles. The van der Waals surface area contributed by atoms with Crippen molar-refractivity contribution in [1.29, 1.82) is 0 Å². The van der Waals surface area contributed by atoms with E-state index in [9.17, 15) is 4.79 Å². The van der Waals surface area contributed by atoms with E-state index in [1.807, 2.05) is 19.2 Å². The van der Waals surface area contributed by atoms with Crippen LogP contribution in [0.25, 0.3) is 0 Å². The summed E-state index contributed by atoms with van der Waals surface area (Å²) in [6.07, 6.45) is 2.89. The summed E-state index contributed by atoms with van der Waals surface area (Å²) in [4.78, 5) is 16.5. The second-order valence-corrected chi connectivity index (χ2v) is 6.19. The fraction of sp³-hybridized carbons (Fsp3) is 0.462. The molecule has 0 aliphatic heterocycles. The third kappa shape index (κ3) is 3.40. The maximum Gasteiger partial charge on any atom is 0.272 e. The lowest BCUT2D eigenvalue weighted by Crippen LogP contribution is -2.24. The Bertz CT molecular complexity index is 591. The molecule has 2 N–H and O–H groups in total. The summed E-state index contributed by atoms with van der Waals surface area (Å²) >= 11 is 3.37. The zero-order chi connectivity index (χ0) is 14.5. The third-order valence-corrected chi connectivity index (χ3v) is 4.62. The summed E-state index contributed by atoms with van der Waals surface area (Å²) in [6, 6.07) is 0. The van der Waals surface area contributed by atoms with Crippen molar-refractivity contribution in [2.45, 2.75) is 32.6 Å². The SMILES string of the molecule is CCc1[nH]nc(C(=O)NCc2csc(CSC)n2)c1C. The van der Waals surface area contributed by atoms with Gasteiger partial charge in [0.1, 0.15) is 5.01 Å². The lowest BCUT2D eigenvalue weighted by molar-refractivity contribution is 0.0945. The lowest BCUT2D eigenvalue weighted by Gasteiger charge is -2.01. The molecule has 0 atom stereocenters. The van der Waals surface area contributed by atoms with Gasteiger partial charge in [0.05, 0.1) is 12.2 Å². The second kappa shape index (κ2) is 6.90. The Labute approximate surface area is 126 Å². The van der Waals surface area contributed by atoms with Crippen LogP contribution in [0.2, 0.25) is 0 Å². The van der Waals surface area contributed by atoms with Crippen molar-refractivity contribution in [2.24, 2.45) is 0 Å². The average Bonchev–Trinajstić information content (AvgIpc) is 3.03. The normalized spacial score (nSPS) is 10.8. The number of hydrogen-bond donors (Lipinski definition) is 2. The second-order valence-electron chi connectivity index (χ2n) is 4.38. The Morgan fingerprint density at radius 2 is 2.35 bits per heavy atom. The summed E-state index contributed by atoms with van der Waals surface area (Å²) in [5.74, 6) is 0.759. The molecule has 2 heterocycles. The molecule has 0 unspecified atom stereocenters. The van der Waals surface area contributed by atoms with Crippen LogP contribution in [0.4, 0.5) is 0 Å². The van der Waals surface area contributed by atoms with Crippen LogP contribution in [0.1, 0.15) is 39.4 Å². The van der Waals surface area contributed by atoms with Gasteiger partial charge in [-0.05, 0) is 19.6 Å². The van der Waals surface area contributed by atoms with Crippen LogP contribution < -0.4 is 5.32 Å². The molecule has 0 aliphatic carbocycles. The van der Waals surface area contributed by atoms with Gasteiger partial charge in [-0.2, -0.15) is 16.9 Å². The van der Waals surface area contributed by atoms with E-state index in [2.05, 4.69) is 26.8 Å². The quantitative estimate of drug-likeness (QED) is 0.860. The Kier molecular flexibility index (Phi) is 5.19. The maximum atomic E-state index is 12.1. The Morgan fingerprint density at radius 3 is 3.00 bits per heavy atom. The van der Waals surface area contributed by atoms with Gasteiger partial charge in [-0.15, -0.1) is 11.3 Å². The predicted molar refractivity (Wildman–Crippen MR) is 83.2 cm³/mol. The number of amides is 1. The van der Waals surface area contributed by atoms with E-state index in [0.717, 1.165) is 34.1 Å². The molecule has 0 aliphatic rings. The summed E-state index contributed by atoms with van der Waals surface area (Å²) in [7, 11) is 0. The minimum Gasteiger partial charge on any atom is -0.345 e. The van der Waals surface area contributed by atoms with Gasteiger partial charge in [-0.3, -0.25) is 9.89 Å². The molecule has 0 fully saturated rings. The Morgan fingerprint density at radius 1 is 1.55 bits per heavy atom. The molecule has 2 aromatic rings. The van der Waals surface area contributed by atoms with Crippen LogP contribution in [0, 0.1) is 6.92 Å². The molecular formula is C13H18N4OS2. The van der Waals surface area contributed by atoms with Crippen molar-refractivity contribution in [1.82, 2.24) is 20.5 Å². The molecule has 0 bridgehead atoms. The number of H-pyrrole nitrogens is 1. The van der Waals surface area contributed by atoms with Crippen molar-refractivity contribution in [3.63, 3.8) is 0 Å². The zero-order valence-electron chi connectivity index (χ0n) is 11.8. The van der Waals surface area contributed by atoms with Crippen molar-refractivity contribution >= 4 is 29.0 Å². The molecule has 108 valence electrons. The summed E-state index contributed by atoms with van der Waals surface area (Å²) in [5.41, 5.74) is 3.30. The highest BCUT2D eigenvalue weighted by atomic mass is 32.2. The standard InChI is InChI=1S/C13H18N4OS2/c1-4-10-8(2)12(17-16-10)13(18)14-5-9-6-20-11(15-9)7-19-3/h6H,4-5,7H2,1-3H3,(H,14,18)(H,16,17). The van der Waals surface area contributed by atoms with Gasteiger partial charge in [-0.1, -0.05) is 6.92 Å². The van der Waals surface area contributed by atoms with E-state index in [1.165, 1.54) is 0 Å². The van der Waals surface area contributed by atoms with Crippen molar-refractivity contribution < 1.29 is 4.79 Å². The van der Waals surface area contributed by atoms with Crippen LogP contribution in [-0.4, -0.2) is 27.3 Å². The molecule has 7 heteroatoms. The van der Waals surface area contributed by atoms with Crippen LogP contribution in [0.5, 0.6) is 0 Å². The Balaban J connectivity index is 1.95. The highest BCUT2D eigenvalue weighted by Crippen LogP contribution is 2.15. The van der Waals surface area contributed by atoms with E-state index in [-0.39, 0.29) is 5.91 Å². The third-order valence-electron chi connectivity index (χ3n) is 2.98. The molecule has 1 amide bonds. The minimum absolute atomic E-state index is 0.155. The molecule has 0 aromatic carbocycles. The lowest BCUT2D eigenvalue weighted by atomic mass is 10.1. The van der Waals surface area contributed by atoms with E-state index in [1.54, 1.807) is 23.1 Å². The highest BCUT2D eigenvalue weighted by Gasteiger charge is 2.15. The number of nitrogens with zero attached hydrogens (tertiary/aromatic N) is 2. The van der Waals surface area contributed by atoms with E-state index < -0.39 is 0 Å². The molecule has 20 heavy (non-hydrogen) atoms. The number of carbonyl (C=O) groups excluding carboxylic acids is 1. The van der Waals surface area contributed by atoms with Crippen molar-refractivity contribution in [2.75, 3.05) is 6.26 Å². The molecule has 5 nitrogen and oxygen atoms in total. The predicted octanol–water partition coefficient (Wildman–Crippen LogP) is 2.53. The smallest absolute Gasteiger partial charge is 0.272 e. The van der Waals surface area contributed by atoms with Gasteiger partial charge in [-0.25, -0.2) is 4.98 Å². The van der Waals surface area contributed by atoms with Gasteiger partial charge in [0.25, 0.3) is 5.91 Å². The fourth-order valence-corrected chi connectivity index (χ4v) is 3.39. The first-order valence-electron chi connectivity index (χ1n) is 6.40. The summed E-state index contributed by atoms with van der Waals surface area (Å²) < 4.78 is 0. The van der Waals surface area contributed by atoms with Gasteiger partial charge >= 0.3 is 0 Å². The highest BCUT2D eigenvalue weighted by molar-refractivity contribution is 7.97. The van der Waals surface area contributed by atoms with Gasteiger partial charge in [0, 0.05) is 22.4 Å².